The summed E-state index contributed by atoms with van der Waals surface area (Å²) in [5.74, 6) is 0.405. The molecule has 0 radical (unpaired) electrons. The molecule has 0 atom stereocenters. The van der Waals surface area contributed by atoms with E-state index >= 15 is 0 Å². The maximum absolute atomic E-state index is 11.2. The molecule has 1 saturated heterocycles. The topological polar surface area (TPSA) is 20.3 Å². The second-order valence-corrected chi connectivity index (χ2v) is 4.78. The van der Waals surface area contributed by atoms with Crippen LogP contribution in [-0.4, -0.2) is 30.3 Å². The first-order valence-corrected chi connectivity index (χ1v) is 5.99. The fourth-order valence-corrected chi connectivity index (χ4v) is 2.52. The van der Waals surface area contributed by atoms with Gasteiger partial charge in [0.2, 0.25) is 0 Å². The summed E-state index contributed by atoms with van der Waals surface area (Å²) in [6.07, 6.45) is 2.92. The van der Waals surface area contributed by atoms with Gasteiger partial charge in [-0.25, -0.2) is 0 Å². The minimum absolute atomic E-state index is 0.405. The van der Waals surface area contributed by atoms with Gasteiger partial charge >= 0.3 is 0 Å². The zero-order valence-corrected chi connectivity index (χ0v) is 9.05. The van der Waals surface area contributed by atoms with Crippen LogP contribution in [0.5, 0.6) is 0 Å². The number of ketones is 1. The molecule has 14 heavy (non-hydrogen) atoms. The van der Waals surface area contributed by atoms with Crippen LogP contribution in [0.1, 0.15) is 17.7 Å². The molecule has 0 aliphatic carbocycles. The lowest BCUT2D eigenvalue weighted by molar-refractivity contribution is -0.122. The van der Waals surface area contributed by atoms with Crippen LogP contribution in [0.3, 0.4) is 0 Å². The molecule has 0 bridgehead atoms. The number of likely N-dealkylation sites (tertiary alicyclic amines) is 1. The monoisotopic (exact) mass is 209 g/mol. The molecule has 0 saturated carbocycles. The van der Waals surface area contributed by atoms with Crippen LogP contribution in [0.15, 0.2) is 17.5 Å². The number of carbonyl (C=O) groups is 1. The van der Waals surface area contributed by atoms with Gasteiger partial charge < -0.3 is 0 Å². The average Bonchev–Trinajstić information content (AvgIpc) is 2.67. The summed E-state index contributed by atoms with van der Waals surface area (Å²) in [7, 11) is 0. The average molecular weight is 209 g/mol. The zero-order chi connectivity index (χ0) is 9.80. The molecule has 3 heteroatoms. The van der Waals surface area contributed by atoms with Gasteiger partial charge in [-0.05, 0) is 30.8 Å². The summed E-state index contributed by atoms with van der Waals surface area (Å²) in [6.45, 7) is 2.80. The first-order valence-electron chi connectivity index (χ1n) is 5.11. The van der Waals surface area contributed by atoms with E-state index in [0.717, 1.165) is 32.4 Å². The Labute approximate surface area is 88.5 Å². The smallest absolute Gasteiger partial charge is 0.146 e. The maximum atomic E-state index is 11.2. The molecule has 0 N–H and O–H groups in total. The Morgan fingerprint density at radius 1 is 1.50 bits per heavy atom. The summed E-state index contributed by atoms with van der Waals surface area (Å²) in [4.78, 5) is 14.9. The molecular formula is C11H15NOS. The van der Waals surface area contributed by atoms with E-state index in [0.29, 0.717) is 12.3 Å². The maximum Gasteiger partial charge on any atom is 0.146 e. The molecule has 76 valence electrons. The Kier molecular flexibility index (Phi) is 3.32. The standard InChI is InChI=1S/C11H15NOS/c13-10-3-1-6-12(9-10)7-5-11-4-2-8-14-11/h2,4,8H,1,3,5-7,9H2. The molecule has 2 nitrogen and oxygen atoms in total. The zero-order valence-electron chi connectivity index (χ0n) is 8.24. The van der Waals surface area contributed by atoms with Gasteiger partial charge in [0.25, 0.3) is 0 Å². The third-order valence-electron chi connectivity index (χ3n) is 2.58. The van der Waals surface area contributed by atoms with Crippen molar-refractivity contribution in [3.63, 3.8) is 0 Å². The Morgan fingerprint density at radius 2 is 2.43 bits per heavy atom. The molecule has 0 amide bonds. The fourth-order valence-electron chi connectivity index (χ4n) is 1.82. The molecule has 1 fully saturated rings. The van der Waals surface area contributed by atoms with E-state index in [2.05, 4.69) is 22.4 Å². The predicted molar refractivity (Wildman–Crippen MR) is 58.7 cm³/mol. The van der Waals surface area contributed by atoms with Crippen molar-refractivity contribution >= 4 is 17.1 Å². The number of Topliss-reactive ketones (excluding diaryl/α,β-unsaturated/α-hetero) is 1. The predicted octanol–water partition coefficient (Wildman–Crippen LogP) is 1.96. The summed E-state index contributed by atoms with van der Waals surface area (Å²) in [6, 6.07) is 4.25. The Bertz CT molecular complexity index is 294. The van der Waals surface area contributed by atoms with E-state index in [1.54, 1.807) is 11.3 Å². The molecule has 1 aliphatic heterocycles. The van der Waals surface area contributed by atoms with Crippen molar-refractivity contribution in [3.8, 4) is 0 Å². The van der Waals surface area contributed by atoms with Crippen molar-refractivity contribution in [2.75, 3.05) is 19.6 Å². The second kappa shape index (κ2) is 4.71. The Hall–Kier alpha value is -0.670. The molecule has 0 aromatic carbocycles. The third-order valence-corrected chi connectivity index (χ3v) is 3.52. The summed E-state index contributed by atoms with van der Waals surface area (Å²) in [5.41, 5.74) is 0. The third kappa shape index (κ3) is 2.66. The lowest BCUT2D eigenvalue weighted by Gasteiger charge is -2.25. The fraction of sp³-hybridized carbons (Fsp3) is 0.545. The van der Waals surface area contributed by atoms with E-state index in [4.69, 9.17) is 0 Å². The molecule has 1 aromatic rings. The van der Waals surface area contributed by atoms with Crippen LogP contribution in [0, 0.1) is 0 Å². The number of hydrogen-bond donors (Lipinski definition) is 0. The van der Waals surface area contributed by atoms with Gasteiger partial charge in [0.05, 0.1) is 6.54 Å². The van der Waals surface area contributed by atoms with Crippen molar-refractivity contribution in [2.24, 2.45) is 0 Å². The van der Waals surface area contributed by atoms with E-state index < -0.39 is 0 Å². The van der Waals surface area contributed by atoms with Crippen LogP contribution in [0.4, 0.5) is 0 Å². The summed E-state index contributed by atoms with van der Waals surface area (Å²) in [5, 5.41) is 2.11. The number of nitrogens with zero attached hydrogens (tertiary/aromatic N) is 1. The second-order valence-electron chi connectivity index (χ2n) is 3.75. The van der Waals surface area contributed by atoms with Crippen molar-refractivity contribution in [2.45, 2.75) is 19.3 Å². The van der Waals surface area contributed by atoms with Gasteiger partial charge in [-0.1, -0.05) is 6.07 Å². The van der Waals surface area contributed by atoms with Crippen molar-refractivity contribution < 1.29 is 4.79 Å². The molecule has 2 rings (SSSR count). The highest BCUT2D eigenvalue weighted by Gasteiger charge is 2.15. The number of piperidine rings is 1. The Morgan fingerprint density at radius 3 is 3.14 bits per heavy atom. The minimum Gasteiger partial charge on any atom is -0.298 e. The molecule has 1 aromatic heterocycles. The summed E-state index contributed by atoms with van der Waals surface area (Å²) >= 11 is 1.80. The quantitative estimate of drug-likeness (QED) is 0.758. The van der Waals surface area contributed by atoms with Gasteiger partial charge in [-0.15, -0.1) is 11.3 Å². The van der Waals surface area contributed by atoms with Gasteiger partial charge in [0.15, 0.2) is 0 Å². The van der Waals surface area contributed by atoms with Crippen molar-refractivity contribution in [1.29, 1.82) is 0 Å². The lowest BCUT2D eigenvalue weighted by atomic mass is 10.1. The first-order chi connectivity index (χ1) is 6.84. The molecule has 0 spiro atoms. The van der Waals surface area contributed by atoms with Gasteiger partial charge in [0.1, 0.15) is 5.78 Å². The van der Waals surface area contributed by atoms with Crippen LogP contribution < -0.4 is 0 Å². The highest BCUT2D eigenvalue weighted by Crippen LogP contribution is 2.11. The van der Waals surface area contributed by atoms with Crippen LogP contribution in [0.25, 0.3) is 0 Å². The normalized spacial score (nSPS) is 18.7. The van der Waals surface area contributed by atoms with E-state index in [9.17, 15) is 4.79 Å². The molecule has 2 heterocycles. The van der Waals surface area contributed by atoms with Crippen molar-refractivity contribution in [1.82, 2.24) is 4.90 Å². The highest BCUT2D eigenvalue weighted by molar-refractivity contribution is 7.09. The van der Waals surface area contributed by atoms with Gasteiger partial charge in [-0.3, -0.25) is 9.69 Å². The van der Waals surface area contributed by atoms with Crippen molar-refractivity contribution in [3.05, 3.63) is 22.4 Å². The van der Waals surface area contributed by atoms with Crippen LogP contribution >= 0.6 is 11.3 Å². The highest BCUT2D eigenvalue weighted by atomic mass is 32.1. The van der Waals surface area contributed by atoms with E-state index in [-0.39, 0.29) is 0 Å². The number of hydrogen-bond acceptors (Lipinski definition) is 3. The van der Waals surface area contributed by atoms with Crippen LogP contribution in [0.2, 0.25) is 0 Å². The van der Waals surface area contributed by atoms with Crippen LogP contribution in [-0.2, 0) is 11.2 Å². The van der Waals surface area contributed by atoms with Gasteiger partial charge in [-0.2, -0.15) is 0 Å². The summed E-state index contributed by atoms with van der Waals surface area (Å²) < 4.78 is 0. The largest absolute Gasteiger partial charge is 0.298 e. The number of rotatable bonds is 3. The molecule has 1 aliphatic rings. The number of carbonyl (C=O) groups excluding carboxylic acids is 1. The lowest BCUT2D eigenvalue weighted by Crippen LogP contribution is -2.36. The van der Waals surface area contributed by atoms with E-state index in [1.807, 2.05) is 0 Å². The molecular weight excluding hydrogens is 194 g/mol. The Balaban J connectivity index is 1.77. The first kappa shape index (κ1) is 9.87. The molecule has 0 unspecified atom stereocenters. The van der Waals surface area contributed by atoms with E-state index in [1.165, 1.54) is 4.88 Å². The number of thiophene rings is 1. The SMILES string of the molecule is O=C1CCCN(CCc2cccs2)C1. The minimum atomic E-state index is 0.405. The van der Waals surface area contributed by atoms with Gasteiger partial charge in [0, 0.05) is 17.8 Å².